The third kappa shape index (κ3) is 1.76. The van der Waals surface area contributed by atoms with Gasteiger partial charge < -0.3 is 0 Å². The lowest BCUT2D eigenvalue weighted by molar-refractivity contribution is 0.664. The van der Waals surface area contributed by atoms with Gasteiger partial charge in [-0.05, 0) is 26.0 Å². The average molecular weight is 295 g/mol. The highest BCUT2D eigenvalue weighted by molar-refractivity contribution is 6.14. The van der Waals surface area contributed by atoms with Crippen LogP contribution < -0.4 is 10.6 Å². The van der Waals surface area contributed by atoms with Gasteiger partial charge in [-0.2, -0.15) is 0 Å². The van der Waals surface area contributed by atoms with Crippen molar-refractivity contribution in [1.82, 2.24) is 14.3 Å². The quantitative estimate of drug-likeness (QED) is 0.790. The van der Waals surface area contributed by atoms with Crippen molar-refractivity contribution in [3.63, 3.8) is 0 Å². The number of amidine groups is 1. The number of aromatic nitrogens is 3. The van der Waals surface area contributed by atoms with Crippen LogP contribution in [-0.4, -0.2) is 33.3 Å². The molecule has 1 aromatic carbocycles. The third-order valence-corrected chi connectivity index (χ3v) is 3.96. The van der Waals surface area contributed by atoms with E-state index in [4.69, 9.17) is 0 Å². The van der Waals surface area contributed by atoms with E-state index in [1.165, 1.54) is 10.3 Å². The Balaban J connectivity index is 1.94. The molecule has 2 aliphatic heterocycles. The van der Waals surface area contributed by atoms with E-state index in [1.807, 2.05) is 49.1 Å². The smallest absolute Gasteiger partial charge is 0.293 e. The molecule has 4 rings (SSSR count). The van der Waals surface area contributed by atoms with Crippen molar-refractivity contribution in [2.24, 2.45) is 4.99 Å². The van der Waals surface area contributed by atoms with Crippen molar-refractivity contribution in [2.45, 2.75) is 20.4 Å². The van der Waals surface area contributed by atoms with Crippen molar-refractivity contribution in [3.8, 4) is 5.69 Å². The largest absolute Gasteiger partial charge is 0.352 e. The van der Waals surface area contributed by atoms with Crippen molar-refractivity contribution >= 4 is 11.8 Å². The zero-order chi connectivity index (χ0) is 15.3. The number of fused-ring (bicyclic) bond motifs is 6. The van der Waals surface area contributed by atoms with Crippen molar-refractivity contribution < 1.29 is 0 Å². The zero-order valence-corrected chi connectivity index (χ0v) is 12.7. The monoisotopic (exact) mass is 295 g/mol. The fraction of sp³-hybridized carbons (Fsp3) is 0.312. The SMILES string of the molecule is CC(C)=CCn1nc2n(c1=O)-c1ccccc1C1=NCCN12. The number of hydrogen-bond acceptors (Lipinski definition) is 4. The minimum Gasteiger partial charge on any atom is -0.293 e. The first-order valence-corrected chi connectivity index (χ1v) is 7.42. The number of aliphatic imine (C=N–C) groups is 1. The van der Waals surface area contributed by atoms with Gasteiger partial charge in [-0.25, -0.2) is 14.0 Å². The van der Waals surface area contributed by atoms with Crippen LogP contribution in [0.4, 0.5) is 5.95 Å². The molecule has 22 heavy (non-hydrogen) atoms. The molecule has 0 amide bonds. The maximum absolute atomic E-state index is 12.7. The van der Waals surface area contributed by atoms with Crippen LogP contribution in [0.25, 0.3) is 5.69 Å². The van der Waals surface area contributed by atoms with Gasteiger partial charge in [0.2, 0.25) is 5.95 Å². The van der Waals surface area contributed by atoms with Gasteiger partial charge in [-0.1, -0.05) is 23.8 Å². The molecule has 0 atom stereocenters. The number of anilines is 1. The maximum atomic E-state index is 12.7. The molecule has 0 bridgehead atoms. The summed E-state index contributed by atoms with van der Waals surface area (Å²) < 4.78 is 3.21. The molecule has 112 valence electrons. The van der Waals surface area contributed by atoms with Gasteiger partial charge in [0.25, 0.3) is 0 Å². The Morgan fingerprint density at radius 1 is 1.32 bits per heavy atom. The number of allylic oxidation sites excluding steroid dienone is 2. The molecule has 0 unspecified atom stereocenters. The van der Waals surface area contributed by atoms with E-state index in [1.54, 1.807) is 4.57 Å². The van der Waals surface area contributed by atoms with Crippen molar-refractivity contribution in [2.75, 3.05) is 18.0 Å². The molecule has 1 aromatic heterocycles. The standard InChI is InChI=1S/C16H17N5O/c1-11(2)7-9-20-16(22)21-13-6-4-3-5-12(13)14-17-8-10-19(14)15(21)18-20/h3-7H,8-10H2,1-2H3. The molecule has 2 aliphatic rings. The average Bonchev–Trinajstić information content (AvgIpc) is 3.10. The van der Waals surface area contributed by atoms with Crippen LogP contribution in [0, 0.1) is 0 Å². The molecule has 0 spiro atoms. The molecule has 0 radical (unpaired) electrons. The summed E-state index contributed by atoms with van der Waals surface area (Å²) in [6, 6.07) is 7.87. The van der Waals surface area contributed by atoms with E-state index in [9.17, 15) is 4.79 Å². The molecule has 0 fully saturated rings. The molecule has 0 aliphatic carbocycles. The Morgan fingerprint density at radius 2 is 2.14 bits per heavy atom. The Hall–Kier alpha value is -2.63. The van der Waals surface area contributed by atoms with E-state index in [0.29, 0.717) is 12.5 Å². The zero-order valence-electron chi connectivity index (χ0n) is 12.7. The first kappa shape index (κ1) is 13.1. The summed E-state index contributed by atoms with van der Waals surface area (Å²) in [6.45, 7) is 6.02. The maximum Gasteiger partial charge on any atom is 0.352 e. The number of nitrogens with zero attached hydrogens (tertiary/aromatic N) is 5. The molecule has 0 saturated carbocycles. The lowest BCUT2D eigenvalue weighted by atomic mass is 10.1. The summed E-state index contributed by atoms with van der Waals surface area (Å²) >= 11 is 0. The van der Waals surface area contributed by atoms with Crippen LogP contribution >= 0.6 is 0 Å². The topological polar surface area (TPSA) is 55.4 Å². The first-order chi connectivity index (χ1) is 10.7. The van der Waals surface area contributed by atoms with Crippen molar-refractivity contribution in [1.29, 1.82) is 0 Å². The molecule has 6 heteroatoms. The van der Waals surface area contributed by atoms with Gasteiger partial charge in [-0.3, -0.25) is 9.89 Å². The highest BCUT2D eigenvalue weighted by atomic mass is 16.2. The Labute approximate surface area is 128 Å². The second kappa shape index (κ2) is 4.69. The fourth-order valence-electron chi connectivity index (χ4n) is 2.90. The highest BCUT2D eigenvalue weighted by Gasteiger charge is 2.33. The molecule has 3 heterocycles. The third-order valence-electron chi connectivity index (χ3n) is 3.96. The predicted molar refractivity (Wildman–Crippen MR) is 86.0 cm³/mol. The summed E-state index contributed by atoms with van der Waals surface area (Å²) in [5.74, 6) is 1.59. The van der Waals surface area contributed by atoms with Gasteiger partial charge >= 0.3 is 5.69 Å². The molecular weight excluding hydrogens is 278 g/mol. The summed E-state index contributed by atoms with van der Waals surface area (Å²) in [7, 11) is 0. The van der Waals surface area contributed by atoms with E-state index in [-0.39, 0.29) is 5.69 Å². The van der Waals surface area contributed by atoms with Gasteiger partial charge in [0, 0.05) is 12.1 Å². The van der Waals surface area contributed by atoms with Crippen LogP contribution in [0.15, 0.2) is 45.7 Å². The minimum absolute atomic E-state index is 0.106. The number of para-hydroxylation sites is 1. The molecule has 0 N–H and O–H groups in total. The summed E-state index contributed by atoms with van der Waals surface area (Å²) in [6.07, 6.45) is 2.01. The van der Waals surface area contributed by atoms with E-state index >= 15 is 0 Å². The van der Waals surface area contributed by atoms with Gasteiger partial charge in [-0.15, -0.1) is 5.10 Å². The predicted octanol–water partition coefficient (Wildman–Crippen LogP) is 1.58. The molecule has 6 nitrogen and oxygen atoms in total. The fourth-order valence-corrected chi connectivity index (χ4v) is 2.90. The van der Waals surface area contributed by atoms with Crippen LogP contribution in [0.5, 0.6) is 0 Å². The first-order valence-electron chi connectivity index (χ1n) is 7.42. The van der Waals surface area contributed by atoms with Crippen LogP contribution in [-0.2, 0) is 6.54 Å². The van der Waals surface area contributed by atoms with Gasteiger partial charge in [0.1, 0.15) is 5.84 Å². The lowest BCUT2D eigenvalue weighted by Crippen LogP contribution is -2.37. The number of hydrogen-bond donors (Lipinski definition) is 0. The minimum atomic E-state index is -0.106. The molecule has 0 saturated heterocycles. The van der Waals surface area contributed by atoms with Crippen LogP contribution in [0.1, 0.15) is 19.4 Å². The van der Waals surface area contributed by atoms with E-state index in [0.717, 1.165) is 30.2 Å². The molecule has 2 aromatic rings. The Bertz CT molecular complexity index is 867. The van der Waals surface area contributed by atoms with Gasteiger partial charge in [0.05, 0.1) is 18.8 Å². The van der Waals surface area contributed by atoms with Crippen LogP contribution in [0.2, 0.25) is 0 Å². The summed E-state index contributed by atoms with van der Waals surface area (Å²) in [5, 5.41) is 4.53. The summed E-state index contributed by atoms with van der Waals surface area (Å²) in [5.41, 5.74) is 2.92. The van der Waals surface area contributed by atoms with Crippen LogP contribution in [0.3, 0.4) is 0 Å². The molecular formula is C16H17N5O. The summed E-state index contributed by atoms with van der Waals surface area (Å²) in [4.78, 5) is 19.4. The van der Waals surface area contributed by atoms with E-state index < -0.39 is 0 Å². The van der Waals surface area contributed by atoms with Gasteiger partial charge in [0.15, 0.2) is 0 Å². The second-order valence-electron chi connectivity index (χ2n) is 5.76. The lowest BCUT2D eigenvalue weighted by Gasteiger charge is -2.26. The normalized spacial score (nSPS) is 15.0. The Kier molecular flexibility index (Phi) is 2.79. The van der Waals surface area contributed by atoms with E-state index in [2.05, 4.69) is 10.1 Å². The Morgan fingerprint density at radius 3 is 2.95 bits per heavy atom. The number of rotatable bonds is 2. The highest BCUT2D eigenvalue weighted by Crippen LogP contribution is 2.29. The van der Waals surface area contributed by atoms with Crippen molar-refractivity contribution in [3.05, 3.63) is 52.0 Å². The second-order valence-corrected chi connectivity index (χ2v) is 5.76. The number of benzene rings is 1.